The Balaban J connectivity index is 2.43. The van der Waals surface area contributed by atoms with Crippen molar-refractivity contribution in [1.82, 2.24) is 0 Å². The molecular formula is C13H13NO3. The maximum absolute atomic E-state index is 12.1. The van der Waals surface area contributed by atoms with Gasteiger partial charge < -0.3 is 14.9 Å². The van der Waals surface area contributed by atoms with Crippen LogP contribution >= 0.6 is 0 Å². The van der Waals surface area contributed by atoms with E-state index in [4.69, 9.17) is 14.9 Å². The van der Waals surface area contributed by atoms with E-state index in [2.05, 4.69) is 0 Å². The van der Waals surface area contributed by atoms with Crippen molar-refractivity contribution in [3.8, 4) is 5.75 Å². The van der Waals surface area contributed by atoms with Gasteiger partial charge in [-0.15, -0.1) is 0 Å². The van der Waals surface area contributed by atoms with Crippen molar-refractivity contribution in [3.63, 3.8) is 0 Å². The second-order valence-corrected chi connectivity index (χ2v) is 3.69. The number of ether oxygens (including phenoxy) is 1. The maximum atomic E-state index is 12.1. The Kier molecular flexibility index (Phi) is 2.87. The molecule has 4 heteroatoms. The highest BCUT2D eigenvalue weighted by molar-refractivity contribution is 6.10. The number of rotatable bonds is 3. The summed E-state index contributed by atoms with van der Waals surface area (Å²) in [4.78, 5) is 12.1. The molecule has 1 aromatic heterocycles. The number of carbonyl (C=O) groups is 1. The Labute approximate surface area is 99.0 Å². The van der Waals surface area contributed by atoms with Gasteiger partial charge in [-0.05, 0) is 37.3 Å². The standard InChI is InChI=1S/C13H13NO3/c1-8-3-6-12(17-8)13(15)10-7-9(16-2)4-5-11(10)14/h3-7H,14H2,1-2H3. The molecule has 2 rings (SSSR count). The third kappa shape index (κ3) is 2.15. The van der Waals surface area contributed by atoms with E-state index in [0.717, 1.165) is 0 Å². The number of anilines is 1. The van der Waals surface area contributed by atoms with Crippen LogP contribution in [0.3, 0.4) is 0 Å². The summed E-state index contributed by atoms with van der Waals surface area (Å²) in [5.74, 6) is 1.32. The van der Waals surface area contributed by atoms with E-state index < -0.39 is 0 Å². The van der Waals surface area contributed by atoms with Crippen LogP contribution in [0.15, 0.2) is 34.7 Å². The van der Waals surface area contributed by atoms with Crippen molar-refractivity contribution in [1.29, 1.82) is 0 Å². The van der Waals surface area contributed by atoms with E-state index in [-0.39, 0.29) is 11.5 Å². The Bertz CT molecular complexity index is 558. The lowest BCUT2D eigenvalue weighted by Gasteiger charge is -2.05. The van der Waals surface area contributed by atoms with Crippen molar-refractivity contribution in [2.45, 2.75) is 6.92 Å². The molecule has 4 nitrogen and oxygen atoms in total. The Morgan fingerprint density at radius 3 is 2.65 bits per heavy atom. The van der Waals surface area contributed by atoms with Crippen LogP contribution < -0.4 is 10.5 Å². The molecule has 2 aromatic rings. The van der Waals surface area contributed by atoms with Gasteiger partial charge in [0, 0.05) is 5.69 Å². The second-order valence-electron chi connectivity index (χ2n) is 3.69. The highest BCUT2D eigenvalue weighted by Gasteiger charge is 2.16. The molecule has 0 bridgehead atoms. The molecule has 0 aliphatic rings. The zero-order valence-electron chi connectivity index (χ0n) is 9.69. The van der Waals surface area contributed by atoms with Crippen molar-refractivity contribution >= 4 is 11.5 Å². The lowest BCUT2D eigenvalue weighted by atomic mass is 10.1. The number of benzene rings is 1. The smallest absolute Gasteiger partial charge is 0.230 e. The monoisotopic (exact) mass is 231 g/mol. The number of hydrogen-bond acceptors (Lipinski definition) is 4. The predicted octanol–water partition coefficient (Wildman–Crippen LogP) is 2.41. The molecule has 0 fully saturated rings. The fourth-order valence-electron chi connectivity index (χ4n) is 1.55. The molecule has 0 saturated heterocycles. The summed E-state index contributed by atoms with van der Waals surface area (Å²) in [6.07, 6.45) is 0. The third-order valence-corrected chi connectivity index (χ3v) is 2.47. The molecule has 0 amide bonds. The Morgan fingerprint density at radius 1 is 1.29 bits per heavy atom. The molecular weight excluding hydrogens is 218 g/mol. The molecule has 0 saturated carbocycles. The fraction of sp³-hybridized carbons (Fsp3) is 0.154. The second kappa shape index (κ2) is 4.33. The lowest BCUT2D eigenvalue weighted by molar-refractivity contribution is 0.101. The summed E-state index contributed by atoms with van der Waals surface area (Å²) in [7, 11) is 1.54. The van der Waals surface area contributed by atoms with Gasteiger partial charge in [0.1, 0.15) is 11.5 Å². The van der Waals surface area contributed by atoms with E-state index in [0.29, 0.717) is 22.8 Å². The van der Waals surface area contributed by atoms with Crippen molar-refractivity contribution in [2.75, 3.05) is 12.8 Å². The van der Waals surface area contributed by atoms with Crippen LogP contribution in [0.4, 0.5) is 5.69 Å². The fourth-order valence-corrected chi connectivity index (χ4v) is 1.55. The number of carbonyl (C=O) groups excluding carboxylic acids is 1. The lowest BCUT2D eigenvalue weighted by Crippen LogP contribution is -2.04. The first kappa shape index (κ1) is 11.3. The first-order valence-corrected chi connectivity index (χ1v) is 5.16. The van der Waals surface area contributed by atoms with Gasteiger partial charge in [0.15, 0.2) is 5.76 Å². The first-order chi connectivity index (χ1) is 8.11. The molecule has 88 valence electrons. The van der Waals surface area contributed by atoms with Gasteiger partial charge in [-0.1, -0.05) is 0 Å². The van der Waals surface area contributed by atoms with Crippen molar-refractivity contribution < 1.29 is 13.9 Å². The number of furan rings is 1. The highest BCUT2D eigenvalue weighted by atomic mass is 16.5. The van der Waals surface area contributed by atoms with Gasteiger partial charge in [-0.3, -0.25) is 4.79 Å². The summed E-state index contributed by atoms with van der Waals surface area (Å²) in [5, 5.41) is 0. The molecule has 2 N–H and O–H groups in total. The quantitative estimate of drug-likeness (QED) is 0.650. The number of aryl methyl sites for hydroxylation is 1. The third-order valence-electron chi connectivity index (χ3n) is 2.47. The summed E-state index contributed by atoms with van der Waals surface area (Å²) < 4.78 is 10.3. The van der Waals surface area contributed by atoms with Crippen LogP contribution in [0.1, 0.15) is 21.9 Å². The average molecular weight is 231 g/mol. The van der Waals surface area contributed by atoms with Crippen molar-refractivity contribution in [2.24, 2.45) is 0 Å². The topological polar surface area (TPSA) is 65.5 Å². The average Bonchev–Trinajstić information content (AvgIpc) is 2.76. The number of nitrogen functional groups attached to an aromatic ring is 1. The summed E-state index contributed by atoms with van der Waals surface area (Å²) >= 11 is 0. The van der Waals surface area contributed by atoms with Gasteiger partial charge in [-0.2, -0.15) is 0 Å². The van der Waals surface area contributed by atoms with E-state index in [1.54, 1.807) is 37.3 Å². The minimum atomic E-state index is -0.241. The summed E-state index contributed by atoms with van der Waals surface area (Å²) in [6, 6.07) is 8.33. The van der Waals surface area contributed by atoms with Gasteiger partial charge in [0.2, 0.25) is 5.78 Å². The number of hydrogen-bond donors (Lipinski definition) is 1. The normalized spacial score (nSPS) is 10.2. The summed E-state index contributed by atoms with van der Waals surface area (Å²) in [6.45, 7) is 1.78. The molecule has 0 atom stereocenters. The van der Waals surface area contributed by atoms with Crippen LogP contribution in [0, 0.1) is 6.92 Å². The van der Waals surface area contributed by atoms with Crippen LogP contribution in [0.25, 0.3) is 0 Å². The molecule has 17 heavy (non-hydrogen) atoms. The van der Waals surface area contributed by atoms with E-state index >= 15 is 0 Å². The van der Waals surface area contributed by atoms with Crippen molar-refractivity contribution in [3.05, 3.63) is 47.4 Å². The number of nitrogens with two attached hydrogens (primary N) is 1. The van der Waals surface area contributed by atoms with Crippen LogP contribution in [0.2, 0.25) is 0 Å². The molecule has 1 heterocycles. The molecule has 0 spiro atoms. The van der Waals surface area contributed by atoms with Crippen LogP contribution in [0.5, 0.6) is 5.75 Å². The largest absolute Gasteiger partial charge is 0.497 e. The molecule has 0 radical (unpaired) electrons. The van der Waals surface area contributed by atoms with Gasteiger partial charge in [-0.25, -0.2) is 0 Å². The number of ketones is 1. The van der Waals surface area contributed by atoms with Crippen LogP contribution in [-0.4, -0.2) is 12.9 Å². The number of methoxy groups -OCH3 is 1. The minimum absolute atomic E-state index is 0.241. The maximum Gasteiger partial charge on any atom is 0.230 e. The highest BCUT2D eigenvalue weighted by Crippen LogP contribution is 2.23. The first-order valence-electron chi connectivity index (χ1n) is 5.16. The Hall–Kier alpha value is -2.23. The predicted molar refractivity (Wildman–Crippen MR) is 64.3 cm³/mol. The van der Waals surface area contributed by atoms with Gasteiger partial charge in [0.25, 0.3) is 0 Å². The van der Waals surface area contributed by atoms with Crippen LogP contribution in [-0.2, 0) is 0 Å². The summed E-state index contributed by atoms with van der Waals surface area (Å²) in [5.41, 5.74) is 6.57. The van der Waals surface area contributed by atoms with E-state index in [1.165, 1.54) is 7.11 Å². The zero-order chi connectivity index (χ0) is 12.4. The van der Waals surface area contributed by atoms with Gasteiger partial charge >= 0.3 is 0 Å². The Morgan fingerprint density at radius 2 is 2.06 bits per heavy atom. The zero-order valence-corrected chi connectivity index (χ0v) is 9.69. The molecule has 1 aromatic carbocycles. The van der Waals surface area contributed by atoms with E-state index in [1.807, 2.05) is 0 Å². The molecule has 0 aliphatic heterocycles. The SMILES string of the molecule is COc1ccc(N)c(C(=O)c2ccc(C)o2)c1. The molecule has 0 aliphatic carbocycles. The minimum Gasteiger partial charge on any atom is -0.497 e. The van der Waals surface area contributed by atoms with Gasteiger partial charge in [0.05, 0.1) is 12.7 Å². The molecule has 0 unspecified atom stereocenters. The van der Waals surface area contributed by atoms with E-state index in [9.17, 15) is 4.79 Å².